The molecule has 8 heteroatoms. The molecule has 0 unspecified atom stereocenters. The maximum Gasteiger partial charge on any atom is 0.305 e. The predicted octanol–water partition coefficient (Wildman–Crippen LogP) is 3.28. The first-order valence-electron chi connectivity index (χ1n) is 8.82. The lowest BCUT2D eigenvalue weighted by atomic mass is 10.1. The molecule has 2 aromatic rings. The average Bonchev–Trinajstić information content (AvgIpc) is 3.27. The molecule has 3 rings (SSSR count). The minimum absolute atomic E-state index is 0.0805. The van der Waals surface area contributed by atoms with Gasteiger partial charge >= 0.3 is 5.97 Å². The van der Waals surface area contributed by atoms with Gasteiger partial charge in [0.1, 0.15) is 5.82 Å². The highest BCUT2D eigenvalue weighted by Crippen LogP contribution is 2.34. The van der Waals surface area contributed by atoms with E-state index in [9.17, 15) is 14.0 Å². The number of ether oxygens (including phenoxy) is 2. The van der Waals surface area contributed by atoms with E-state index in [0.29, 0.717) is 33.7 Å². The lowest BCUT2D eigenvalue weighted by Crippen LogP contribution is -2.38. The molecule has 1 fully saturated rings. The SMILES string of the molecule is COCc1c(C(=O)N(CCC(=O)O)C[C@H]2CCCO2)sc2cccc(F)c12. The summed E-state index contributed by atoms with van der Waals surface area (Å²) in [5.74, 6) is -1.68. The quantitative estimate of drug-likeness (QED) is 0.742. The number of amides is 1. The van der Waals surface area contributed by atoms with Crippen LogP contribution in [0.15, 0.2) is 18.2 Å². The number of carboxylic acid groups (broad SMARTS) is 1. The standard InChI is InChI=1S/C19H22FNO5S/c1-25-11-13-17-14(20)5-2-6-15(17)27-18(13)19(24)21(8-7-16(22)23)10-12-4-3-9-26-12/h2,5-6,12H,3-4,7-11H2,1H3,(H,22,23)/t12-/m1/s1. The summed E-state index contributed by atoms with van der Waals surface area (Å²) in [5.41, 5.74) is 0.508. The van der Waals surface area contributed by atoms with Crippen molar-refractivity contribution in [2.24, 2.45) is 0 Å². The average molecular weight is 395 g/mol. The van der Waals surface area contributed by atoms with Crippen LogP contribution in [0.25, 0.3) is 10.1 Å². The van der Waals surface area contributed by atoms with Gasteiger partial charge in [0.15, 0.2) is 0 Å². The van der Waals surface area contributed by atoms with Crippen LogP contribution in [0.1, 0.15) is 34.5 Å². The number of halogens is 1. The number of hydrogen-bond donors (Lipinski definition) is 1. The van der Waals surface area contributed by atoms with Crippen molar-refractivity contribution < 1.29 is 28.6 Å². The Morgan fingerprint density at radius 1 is 1.44 bits per heavy atom. The molecule has 1 aliphatic heterocycles. The molecule has 146 valence electrons. The van der Waals surface area contributed by atoms with Crippen molar-refractivity contribution in [1.29, 1.82) is 0 Å². The van der Waals surface area contributed by atoms with Gasteiger partial charge in [0.05, 0.1) is 24.0 Å². The largest absolute Gasteiger partial charge is 0.481 e. The lowest BCUT2D eigenvalue weighted by Gasteiger charge is -2.25. The van der Waals surface area contributed by atoms with Crippen LogP contribution in [-0.2, 0) is 20.9 Å². The maximum absolute atomic E-state index is 14.4. The van der Waals surface area contributed by atoms with Gasteiger partial charge in [-0.2, -0.15) is 0 Å². The zero-order valence-corrected chi connectivity index (χ0v) is 15.9. The number of fused-ring (bicyclic) bond motifs is 1. The van der Waals surface area contributed by atoms with Crippen molar-refractivity contribution in [3.63, 3.8) is 0 Å². The molecule has 27 heavy (non-hydrogen) atoms. The van der Waals surface area contributed by atoms with Crippen LogP contribution in [-0.4, -0.2) is 54.8 Å². The monoisotopic (exact) mass is 395 g/mol. The third-order valence-electron chi connectivity index (χ3n) is 4.58. The first kappa shape index (κ1) is 19.7. The number of thiophene rings is 1. The minimum atomic E-state index is -0.973. The highest BCUT2D eigenvalue weighted by molar-refractivity contribution is 7.21. The van der Waals surface area contributed by atoms with Crippen molar-refractivity contribution in [1.82, 2.24) is 4.90 Å². The van der Waals surface area contributed by atoms with Crippen LogP contribution < -0.4 is 0 Å². The van der Waals surface area contributed by atoms with E-state index in [1.165, 1.54) is 29.4 Å². The van der Waals surface area contributed by atoms with Gasteiger partial charge in [-0.05, 0) is 25.0 Å². The van der Waals surface area contributed by atoms with Gasteiger partial charge in [-0.3, -0.25) is 9.59 Å². The second-order valence-corrected chi connectivity index (χ2v) is 7.54. The zero-order valence-electron chi connectivity index (χ0n) is 15.1. The van der Waals surface area contributed by atoms with E-state index in [4.69, 9.17) is 14.6 Å². The predicted molar refractivity (Wildman–Crippen MR) is 99.6 cm³/mol. The molecule has 1 aromatic carbocycles. The number of carbonyl (C=O) groups is 2. The zero-order chi connectivity index (χ0) is 19.4. The molecule has 0 radical (unpaired) electrons. The molecule has 1 N–H and O–H groups in total. The molecule has 0 spiro atoms. The second kappa shape index (κ2) is 8.77. The molecule has 1 aliphatic rings. The van der Waals surface area contributed by atoms with E-state index >= 15 is 0 Å². The number of nitrogens with zero attached hydrogens (tertiary/aromatic N) is 1. The Morgan fingerprint density at radius 2 is 2.26 bits per heavy atom. The topological polar surface area (TPSA) is 76.1 Å². The minimum Gasteiger partial charge on any atom is -0.481 e. The number of benzene rings is 1. The number of carboxylic acids is 1. The first-order chi connectivity index (χ1) is 13.0. The van der Waals surface area contributed by atoms with Crippen LogP contribution in [0.3, 0.4) is 0 Å². The Kier molecular flexibility index (Phi) is 6.41. The Balaban J connectivity index is 1.94. The summed E-state index contributed by atoms with van der Waals surface area (Å²) in [6.45, 7) is 1.16. The van der Waals surface area contributed by atoms with Crippen LogP contribution in [0.5, 0.6) is 0 Å². The van der Waals surface area contributed by atoms with Crippen molar-refractivity contribution >= 4 is 33.3 Å². The van der Waals surface area contributed by atoms with Crippen LogP contribution in [0, 0.1) is 5.82 Å². The Hall–Kier alpha value is -2.03. The Labute approximate surface area is 160 Å². The molecule has 0 bridgehead atoms. The van der Waals surface area contributed by atoms with Crippen LogP contribution in [0.2, 0.25) is 0 Å². The summed E-state index contributed by atoms with van der Waals surface area (Å²) in [7, 11) is 1.49. The third kappa shape index (κ3) is 4.45. The fraction of sp³-hybridized carbons (Fsp3) is 0.474. The third-order valence-corrected chi connectivity index (χ3v) is 5.76. The van der Waals surface area contributed by atoms with Crippen molar-refractivity contribution in [3.05, 3.63) is 34.5 Å². The molecule has 2 heterocycles. The van der Waals surface area contributed by atoms with Gasteiger partial charge in [0.25, 0.3) is 5.91 Å². The smallest absolute Gasteiger partial charge is 0.305 e. The Bertz CT molecular complexity index is 831. The lowest BCUT2D eigenvalue weighted by molar-refractivity contribution is -0.137. The molecular formula is C19H22FNO5S. The molecule has 1 atom stereocenters. The van der Waals surface area contributed by atoms with E-state index < -0.39 is 11.8 Å². The fourth-order valence-electron chi connectivity index (χ4n) is 3.31. The van der Waals surface area contributed by atoms with E-state index in [1.54, 1.807) is 12.1 Å². The summed E-state index contributed by atoms with van der Waals surface area (Å²) in [6.07, 6.45) is 1.51. The van der Waals surface area contributed by atoms with Gasteiger partial charge in [-0.1, -0.05) is 6.07 Å². The van der Waals surface area contributed by atoms with Crippen molar-refractivity contribution in [3.8, 4) is 0 Å². The fourth-order valence-corrected chi connectivity index (χ4v) is 4.50. The summed E-state index contributed by atoms with van der Waals surface area (Å²) in [6, 6.07) is 4.73. The molecule has 1 aromatic heterocycles. The summed E-state index contributed by atoms with van der Waals surface area (Å²) < 4.78 is 25.8. The number of methoxy groups -OCH3 is 1. The summed E-state index contributed by atoms with van der Waals surface area (Å²) in [4.78, 5) is 26.1. The Morgan fingerprint density at radius 3 is 2.93 bits per heavy atom. The molecular weight excluding hydrogens is 373 g/mol. The van der Waals surface area contributed by atoms with E-state index in [2.05, 4.69) is 0 Å². The van der Waals surface area contributed by atoms with Gasteiger partial charge in [0, 0.05) is 42.5 Å². The van der Waals surface area contributed by atoms with Gasteiger partial charge < -0.3 is 19.5 Å². The maximum atomic E-state index is 14.4. The first-order valence-corrected chi connectivity index (χ1v) is 9.64. The highest BCUT2D eigenvalue weighted by atomic mass is 32.1. The number of carbonyl (C=O) groups excluding carboxylic acids is 1. The summed E-state index contributed by atoms with van der Waals surface area (Å²) >= 11 is 1.21. The number of rotatable bonds is 8. The molecule has 6 nitrogen and oxygen atoms in total. The van der Waals surface area contributed by atoms with Gasteiger partial charge in [-0.15, -0.1) is 11.3 Å². The van der Waals surface area contributed by atoms with E-state index in [-0.39, 0.29) is 31.6 Å². The highest BCUT2D eigenvalue weighted by Gasteiger charge is 2.28. The molecule has 0 aliphatic carbocycles. The normalized spacial score (nSPS) is 16.7. The van der Waals surface area contributed by atoms with Crippen LogP contribution in [0.4, 0.5) is 4.39 Å². The molecule has 1 amide bonds. The molecule has 1 saturated heterocycles. The van der Waals surface area contributed by atoms with Gasteiger partial charge in [0.2, 0.25) is 0 Å². The number of hydrogen-bond acceptors (Lipinski definition) is 5. The van der Waals surface area contributed by atoms with Crippen LogP contribution >= 0.6 is 11.3 Å². The van der Waals surface area contributed by atoms with E-state index in [0.717, 1.165) is 12.8 Å². The second-order valence-electron chi connectivity index (χ2n) is 6.49. The number of aliphatic carboxylic acids is 1. The van der Waals surface area contributed by atoms with Crippen molar-refractivity contribution in [2.45, 2.75) is 32.0 Å². The van der Waals surface area contributed by atoms with Gasteiger partial charge in [-0.25, -0.2) is 4.39 Å². The molecule has 0 saturated carbocycles. The summed E-state index contributed by atoms with van der Waals surface area (Å²) in [5, 5.41) is 9.42. The van der Waals surface area contributed by atoms with Crippen molar-refractivity contribution in [2.75, 3.05) is 26.8 Å². The van der Waals surface area contributed by atoms with E-state index in [1.807, 2.05) is 0 Å².